The van der Waals surface area contributed by atoms with Crippen LogP contribution in [-0.4, -0.2) is 0 Å². The van der Waals surface area contributed by atoms with Crippen LogP contribution in [-0.2, 0) is 23.2 Å². The third kappa shape index (κ3) is 2.22. The first-order chi connectivity index (χ1) is 8.34. The van der Waals surface area contributed by atoms with Crippen LogP contribution in [0.2, 0.25) is 0 Å². The van der Waals surface area contributed by atoms with Crippen molar-refractivity contribution in [3.05, 3.63) is 71.3 Å². The molecule has 2 aromatic carbocycles. The molecule has 3 rings (SSSR count). The average Bonchev–Trinajstić information content (AvgIpc) is 2.68. The summed E-state index contributed by atoms with van der Waals surface area (Å²) in [5, 5.41) is 0. The molecule has 0 nitrogen and oxygen atoms in total. The van der Waals surface area contributed by atoms with Crippen LogP contribution in [0.3, 0.4) is 0 Å². The van der Waals surface area contributed by atoms with Gasteiger partial charge in [-0.2, -0.15) is 0 Å². The zero-order valence-electron chi connectivity index (χ0n) is 9.85. The minimum atomic E-state index is -0.566. The third-order valence-corrected chi connectivity index (χ3v) is 7.46. The van der Waals surface area contributed by atoms with Crippen LogP contribution in [0, 0.1) is 0 Å². The Kier molecular flexibility index (Phi) is 3.12. The van der Waals surface area contributed by atoms with Gasteiger partial charge < -0.3 is 0 Å². The normalized spacial score (nSPS) is 17.5. The average molecular weight is 298 g/mol. The van der Waals surface area contributed by atoms with Gasteiger partial charge in [-0.15, -0.1) is 0 Å². The van der Waals surface area contributed by atoms with Crippen LogP contribution in [0.15, 0.2) is 60.2 Å². The SMILES string of the molecule is CC1=Cc2ccccc2[CH]1[Zr][c]1ccccc1. The summed E-state index contributed by atoms with van der Waals surface area (Å²) in [6.45, 7) is 2.29. The molecule has 0 saturated carbocycles. The molecule has 1 aliphatic rings. The Bertz CT molecular complexity index is 555. The van der Waals surface area contributed by atoms with E-state index in [1.807, 2.05) is 0 Å². The molecule has 1 aliphatic carbocycles. The Labute approximate surface area is 114 Å². The second-order valence-electron chi connectivity index (χ2n) is 4.46. The van der Waals surface area contributed by atoms with Crippen molar-refractivity contribution in [1.82, 2.24) is 0 Å². The molecular weight excluding hydrogens is 283 g/mol. The molecule has 82 valence electrons. The maximum atomic E-state index is 2.36. The Morgan fingerprint density at radius 3 is 2.41 bits per heavy atom. The predicted molar refractivity (Wildman–Crippen MR) is 68.9 cm³/mol. The van der Waals surface area contributed by atoms with E-state index in [1.165, 1.54) is 5.56 Å². The number of hydrogen-bond donors (Lipinski definition) is 0. The van der Waals surface area contributed by atoms with Crippen LogP contribution >= 0.6 is 0 Å². The second kappa shape index (κ2) is 4.74. The molecule has 0 saturated heterocycles. The van der Waals surface area contributed by atoms with Crippen LogP contribution in [0.25, 0.3) is 6.08 Å². The van der Waals surface area contributed by atoms with E-state index in [-0.39, 0.29) is 0 Å². The molecular formula is C16H14Zr. The second-order valence-corrected chi connectivity index (χ2v) is 8.01. The van der Waals surface area contributed by atoms with E-state index in [0.29, 0.717) is 0 Å². The Balaban J connectivity index is 1.93. The quantitative estimate of drug-likeness (QED) is 0.795. The number of rotatable bonds is 2. The molecule has 0 amide bonds. The summed E-state index contributed by atoms with van der Waals surface area (Å²) in [6.07, 6.45) is 2.36. The molecule has 0 aliphatic heterocycles. The molecule has 2 aromatic rings. The molecule has 0 radical (unpaired) electrons. The Morgan fingerprint density at radius 2 is 1.59 bits per heavy atom. The van der Waals surface area contributed by atoms with Crippen molar-refractivity contribution < 1.29 is 23.2 Å². The first-order valence-corrected chi connectivity index (χ1v) is 8.58. The van der Waals surface area contributed by atoms with Gasteiger partial charge in [-0.05, 0) is 0 Å². The first kappa shape index (κ1) is 11.2. The van der Waals surface area contributed by atoms with E-state index in [0.717, 1.165) is 3.63 Å². The number of hydrogen-bond acceptors (Lipinski definition) is 0. The van der Waals surface area contributed by atoms with Crippen molar-refractivity contribution in [3.8, 4) is 0 Å². The number of benzene rings is 2. The van der Waals surface area contributed by atoms with Crippen molar-refractivity contribution in [1.29, 1.82) is 0 Å². The van der Waals surface area contributed by atoms with Crippen molar-refractivity contribution in [2.75, 3.05) is 0 Å². The van der Waals surface area contributed by atoms with Crippen molar-refractivity contribution in [3.63, 3.8) is 0 Å². The Morgan fingerprint density at radius 1 is 0.882 bits per heavy atom. The predicted octanol–water partition coefficient (Wildman–Crippen LogP) is 3.55. The fourth-order valence-corrected chi connectivity index (χ4v) is 5.93. The van der Waals surface area contributed by atoms with E-state index < -0.39 is 23.2 Å². The fourth-order valence-electron chi connectivity index (χ4n) is 2.37. The van der Waals surface area contributed by atoms with Gasteiger partial charge in [0.15, 0.2) is 0 Å². The summed E-state index contributed by atoms with van der Waals surface area (Å²) in [5.74, 6) is 0. The van der Waals surface area contributed by atoms with Gasteiger partial charge in [0.2, 0.25) is 0 Å². The van der Waals surface area contributed by atoms with E-state index in [1.54, 1.807) is 14.4 Å². The zero-order valence-corrected chi connectivity index (χ0v) is 12.3. The van der Waals surface area contributed by atoms with Gasteiger partial charge in [0, 0.05) is 0 Å². The zero-order chi connectivity index (χ0) is 11.7. The maximum absolute atomic E-state index is 2.36. The fraction of sp³-hybridized carbons (Fsp3) is 0.125. The molecule has 0 aromatic heterocycles. The van der Waals surface area contributed by atoms with Crippen molar-refractivity contribution in [2.24, 2.45) is 0 Å². The van der Waals surface area contributed by atoms with Crippen LogP contribution in [0.1, 0.15) is 21.7 Å². The number of allylic oxidation sites excluding steroid dienone is 1. The third-order valence-electron chi connectivity index (χ3n) is 3.23. The molecule has 1 unspecified atom stereocenters. The van der Waals surface area contributed by atoms with Gasteiger partial charge in [0.05, 0.1) is 0 Å². The van der Waals surface area contributed by atoms with Crippen LogP contribution < -0.4 is 3.27 Å². The molecule has 0 N–H and O–H groups in total. The van der Waals surface area contributed by atoms with Gasteiger partial charge in [-0.1, -0.05) is 0 Å². The van der Waals surface area contributed by atoms with E-state index in [2.05, 4.69) is 67.6 Å². The van der Waals surface area contributed by atoms with E-state index >= 15 is 0 Å². The summed E-state index contributed by atoms with van der Waals surface area (Å²) < 4.78 is 2.32. The molecule has 1 atom stereocenters. The van der Waals surface area contributed by atoms with E-state index in [9.17, 15) is 0 Å². The topological polar surface area (TPSA) is 0 Å². The summed E-state index contributed by atoms with van der Waals surface area (Å²) >= 11 is -0.566. The monoisotopic (exact) mass is 296 g/mol. The van der Waals surface area contributed by atoms with Gasteiger partial charge >= 0.3 is 114 Å². The van der Waals surface area contributed by atoms with Gasteiger partial charge in [0.1, 0.15) is 0 Å². The van der Waals surface area contributed by atoms with Crippen molar-refractivity contribution >= 4 is 9.35 Å². The van der Waals surface area contributed by atoms with Gasteiger partial charge in [-0.25, -0.2) is 0 Å². The summed E-state index contributed by atoms with van der Waals surface area (Å²) in [6, 6.07) is 19.9. The molecule has 17 heavy (non-hydrogen) atoms. The molecule has 0 fully saturated rings. The van der Waals surface area contributed by atoms with Crippen LogP contribution in [0.5, 0.6) is 0 Å². The standard InChI is InChI=1S/C10H9.C6H5.Zr/c1-8-6-9-4-2-3-5-10(9)7-8;1-2-4-6-5-3-1;/h2-7H,1H3;1-5H;. The summed E-state index contributed by atoms with van der Waals surface area (Å²) in [7, 11) is 0. The summed E-state index contributed by atoms with van der Waals surface area (Å²) in [4.78, 5) is 0. The summed E-state index contributed by atoms with van der Waals surface area (Å²) in [5.41, 5.74) is 4.55. The number of fused-ring (bicyclic) bond motifs is 1. The minimum absolute atomic E-state index is 0.566. The molecule has 0 heterocycles. The van der Waals surface area contributed by atoms with Gasteiger partial charge in [-0.3, -0.25) is 0 Å². The van der Waals surface area contributed by atoms with Crippen LogP contribution in [0.4, 0.5) is 0 Å². The molecule has 0 bridgehead atoms. The van der Waals surface area contributed by atoms with Crippen molar-refractivity contribution in [2.45, 2.75) is 10.5 Å². The van der Waals surface area contributed by atoms with E-state index in [4.69, 9.17) is 0 Å². The molecule has 0 spiro atoms. The molecule has 1 heteroatoms. The van der Waals surface area contributed by atoms with Gasteiger partial charge in [0.25, 0.3) is 0 Å². The Hall–Kier alpha value is -0.937. The first-order valence-electron chi connectivity index (χ1n) is 5.93.